The number of halogens is 5. The molecule has 3 aromatic rings. The SMILES string of the molecule is O=C([O-])Nc1cccc2nc(N3CCC(c4cc(Cl)cc(Cl)c4)(C(F)(F)F)C3)sc12. The van der Waals surface area contributed by atoms with Crippen LogP contribution in [0.2, 0.25) is 10.0 Å². The molecule has 11 heteroatoms. The van der Waals surface area contributed by atoms with Gasteiger partial charge in [0.2, 0.25) is 0 Å². The molecule has 0 spiro atoms. The Morgan fingerprint density at radius 2 is 1.93 bits per heavy atom. The van der Waals surface area contributed by atoms with E-state index >= 15 is 0 Å². The van der Waals surface area contributed by atoms with Crippen molar-refractivity contribution >= 4 is 61.7 Å². The zero-order valence-corrected chi connectivity index (χ0v) is 17.4. The van der Waals surface area contributed by atoms with E-state index in [0.717, 1.165) is 11.3 Å². The van der Waals surface area contributed by atoms with Crippen LogP contribution in [0.1, 0.15) is 12.0 Å². The third kappa shape index (κ3) is 3.66. The predicted octanol–water partition coefficient (Wildman–Crippen LogP) is 5.07. The minimum atomic E-state index is -4.53. The van der Waals surface area contributed by atoms with E-state index in [4.69, 9.17) is 23.2 Å². The Morgan fingerprint density at radius 3 is 2.57 bits per heavy atom. The molecule has 158 valence electrons. The predicted molar refractivity (Wildman–Crippen MR) is 110 cm³/mol. The summed E-state index contributed by atoms with van der Waals surface area (Å²) in [5.41, 5.74) is -1.38. The van der Waals surface area contributed by atoms with Crippen LogP contribution in [0.15, 0.2) is 36.4 Å². The number of alkyl halides is 3. The van der Waals surface area contributed by atoms with Crippen LogP contribution in [0.25, 0.3) is 10.2 Å². The number of anilines is 2. The zero-order chi connectivity index (χ0) is 21.7. The number of amides is 1. The first-order valence-corrected chi connectivity index (χ1v) is 10.3. The van der Waals surface area contributed by atoms with E-state index in [2.05, 4.69) is 10.3 Å². The van der Waals surface area contributed by atoms with E-state index in [1.165, 1.54) is 24.3 Å². The quantitative estimate of drug-likeness (QED) is 0.575. The van der Waals surface area contributed by atoms with Crippen molar-refractivity contribution in [2.45, 2.75) is 18.0 Å². The number of carboxylic acid groups (broad SMARTS) is 1. The molecule has 0 radical (unpaired) electrons. The molecule has 0 saturated carbocycles. The van der Waals surface area contributed by atoms with Crippen molar-refractivity contribution in [2.24, 2.45) is 0 Å². The summed E-state index contributed by atoms with van der Waals surface area (Å²) in [6.45, 7) is -0.233. The number of benzene rings is 2. The fourth-order valence-corrected chi connectivity index (χ4v) is 5.30. The lowest BCUT2D eigenvalue weighted by Crippen LogP contribution is -2.44. The standard InChI is InChI=1S/C19H14Cl2F3N3O2S/c20-11-6-10(7-12(21)8-11)18(19(22,23)24)4-5-27(9-18)16-25-13-2-1-3-14(15(13)30-16)26-17(28)29/h1-3,6-8,26H,4-5,9H2,(H,28,29)/p-1. The summed E-state index contributed by atoms with van der Waals surface area (Å²) < 4.78 is 43.3. The van der Waals surface area contributed by atoms with Crippen LogP contribution in [0.4, 0.5) is 28.8 Å². The number of rotatable bonds is 3. The van der Waals surface area contributed by atoms with E-state index < -0.39 is 17.7 Å². The van der Waals surface area contributed by atoms with Gasteiger partial charge in [0.05, 0.1) is 15.9 Å². The molecule has 2 aromatic carbocycles. The summed E-state index contributed by atoms with van der Waals surface area (Å²) in [5, 5.41) is 13.7. The van der Waals surface area contributed by atoms with Gasteiger partial charge in [0, 0.05) is 23.1 Å². The Bertz CT molecular complexity index is 1120. The molecule has 1 saturated heterocycles. The topological polar surface area (TPSA) is 68.3 Å². The van der Waals surface area contributed by atoms with Crippen molar-refractivity contribution in [2.75, 3.05) is 23.3 Å². The second kappa shape index (κ2) is 7.47. The van der Waals surface area contributed by atoms with Crippen LogP contribution in [0, 0.1) is 0 Å². The van der Waals surface area contributed by atoms with Crippen LogP contribution in [0.3, 0.4) is 0 Å². The maximum atomic E-state index is 14.3. The number of hydrogen-bond acceptors (Lipinski definition) is 5. The lowest BCUT2D eigenvalue weighted by Gasteiger charge is -2.32. The highest BCUT2D eigenvalue weighted by molar-refractivity contribution is 7.22. The van der Waals surface area contributed by atoms with Gasteiger partial charge in [-0.05, 0) is 42.3 Å². The number of thiazole rings is 1. The Morgan fingerprint density at radius 1 is 1.23 bits per heavy atom. The Labute approximate surface area is 183 Å². The minimum Gasteiger partial charge on any atom is -0.530 e. The van der Waals surface area contributed by atoms with Gasteiger partial charge in [-0.15, -0.1) is 0 Å². The number of hydrogen-bond donors (Lipinski definition) is 1. The van der Waals surface area contributed by atoms with Gasteiger partial charge in [0.1, 0.15) is 11.5 Å². The van der Waals surface area contributed by atoms with E-state index in [9.17, 15) is 23.1 Å². The molecule has 1 aliphatic heterocycles. The molecule has 0 aliphatic carbocycles. The molecule has 2 heterocycles. The van der Waals surface area contributed by atoms with Gasteiger partial charge in [0.25, 0.3) is 0 Å². The van der Waals surface area contributed by atoms with Gasteiger partial charge < -0.3 is 20.1 Å². The number of carbonyl (C=O) groups is 1. The highest BCUT2D eigenvalue weighted by atomic mass is 35.5. The molecule has 1 N–H and O–H groups in total. The van der Waals surface area contributed by atoms with Crippen LogP contribution >= 0.6 is 34.5 Å². The van der Waals surface area contributed by atoms with Gasteiger partial charge in [-0.3, -0.25) is 0 Å². The van der Waals surface area contributed by atoms with Gasteiger partial charge in [-0.1, -0.05) is 40.6 Å². The first kappa shape index (κ1) is 21.0. The lowest BCUT2D eigenvalue weighted by atomic mass is 9.79. The number of nitrogens with zero attached hydrogens (tertiary/aromatic N) is 2. The summed E-state index contributed by atoms with van der Waals surface area (Å²) in [6, 6.07) is 8.80. The van der Waals surface area contributed by atoms with Crippen molar-refractivity contribution < 1.29 is 23.1 Å². The number of carbonyl (C=O) groups excluding carboxylic acids is 1. The fraction of sp³-hybridized carbons (Fsp3) is 0.263. The summed E-state index contributed by atoms with van der Waals surface area (Å²) >= 11 is 13.1. The Kier molecular flexibility index (Phi) is 5.24. The highest BCUT2D eigenvalue weighted by Crippen LogP contribution is 2.50. The fourth-order valence-electron chi connectivity index (χ4n) is 3.71. The third-order valence-corrected chi connectivity index (χ3v) is 6.74. The van der Waals surface area contributed by atoms with E-state index in [-0.39, 0.29) is 40.8 Å². The molecule has 1 aromatic heterocycles. The summed E-state index contributed by atoms with van der Waals surface area (Å²) in [4.78, 5) is 16.8. The van der Waals surface area contributed by atoms with E-state index in [1.807, 2.05) is 0 Å². The van der Waals surface area contributed by atoms with Gasteiger partial charge >= 0.3 is 6.18 Å². The smallest absolute Gasteiger partial charge is 0.400 e. The average molecular weight is 475 g/mol. The molecule has 5 nitrogen and oxygen atoms in total. The lowest BCUT2D eigenvalue weighted by molar-refractivity contribution is -0.242. The number of nitrogens with one attached hydrogen (secondary N) is 1. The number of aromatic nitrogens is 1. The van der Waals surface area contributed by atoms with Crippen molar-refractivity contribution in [1.82, 2.24) is 4.98 Å². The Balaban J connectivity index is 1.73. The number of fused-ring (bicyclic) bond motifs is 1. The van der Waals surface area contributed by atoms with Crippen molar-refractivity contribution in [1.29, 1.82) is 0 Å². The molecular formula is C19H13Cl2F3N3O2S-. The molecule has 4 rings (SSSR count). The summed E-state index contributed by atoms with van der Waals surface area (Å²) in [7, 11) is 0. The van der Waals surface area contributed by atoms with Crippen molar-refractivity contribution in [3.05, 3.63) is 52.0 Å². The largest absolute Gasteiger partial charge is 0.530 e. The van der Waals surface area contributed by atoms with Gasteiger partial charge in [0.15, 0.2) is 5.13 Å². The molecule has 1 amide bonds. The van der Waals surface area contributed by atoms with Crippen LogP contribution in [0.5, 0.6) is 0 Å². The molecule has 1 unspecified atom stereocenters. The molecule has 0 bridgehead atoms. The first-order chi connectivity index (χ1) is 14.1. The molecular weight excluding hydrogens is 462 g/mol. The van der Waals surface area contributed by atoms with E-state index in [0.29, 0.717) is 15.3 Å². The summed E-state index contributed by atoms with van der Waals surface area (Å²) in [5.74, 6) is 0. The minimum absolute atomic E-state index is 0.00965. The van der Waals surface area contributed by atoms with Crippen LogP contribution < -0.4 is 15.3 Å². The van der Waals surface area contributed by atoms with Gasteiger partial charge in [-0.25, -0.2) is 4.98 Å². The monoisotopic (exact) mass is 474 g/mol. The Hall–Kier alpha value is -2.23. The molecule has 30 heavy (non-hydrogen) atoms. The molecule has 1 fully saturated rings. The third-order valence-electron chi connectivity index (χ3n) is 5.14. The van der Waals surface area contributed by atoms with Gasteiger partial charge in [-0.2, -0.15) is 13.2 Å². The highest BCUT2D eigenvalue weighted by Gasteiger charge is 2.59. The normalized spacial score (nSPS) is 19.4. The maximum Gasteiger partial charge on any atom is 0.400 e. The molecule has 1 aliphatic rings. The molecule has 1 atom stereocenters. The zero-order valence-electron chi connectivity index (χ0n) is 15.1. The van der Waals surface area contributed by atoms with Crippen molar-refractivity contribution in [3.8, 4) is 0 Å². The van der Waals surface area contributed by atoms with Crippen LogP contribution in [-0.2, 0) is 5.41 Å². The second-order valence-corrected chi connectivity index (χ2v) is 8.82. The van der Waals surface area contributed by atoms with Crippen LogP contribution in [-0.4, -0.2) is 30.3 Å². The maximum absolute atomic E-state index is 14.3. The average Bonchev–Trinajstić information content (AvgIpc) is 3.25. The second-order valence-electron chi connectivity index (χ2n) is 6.97. The van der Waals surface area contributed by atoms with Crippen molar-refractivity contribution in [3.63, 3.8) is 0 Å². The summed E-state index contributed by atoms with van der Waals surface area (Å²) in [6.07, 6.45) is -6.20. The van der Waals surface area contributed by atoms with E-state index in [1.54, 1.807) is 17.0 Å². The first-order valence-electron chi connectivity index (χ1n) is 8.75.